The quantitative estimate of drug-likeness (QED) is 0.784. The number of likely N-dealkylation sites (tertiary alicyclic amines) is 2. The minimum Gasteiger partial charge on any atom is -0.386 e. The lowest BCUT2D eigenvalue weighted by atomic mass is 9.96. The van der Waals surface area contributed by atoms with Crippen LogP contribution >= 0.6 is 0 Å². The molecule has 1 aromatic heterocycles. The summed E-state index contributed by atoms with van der Waals surface area (Å²) in [4.78, 5) is 34.6. The van der Waals surface area contributed by atoms with Crippen LogP contribution in [0.5, 0.6) is 0 Å². The van der Waals surface area contributed by atoms with Gasteiger partial charge in [0.05, 0.1) is 24.5 Å². The van der Waals surface area contributed by atoms with E-state index in [-0.39, 0.29) is 11.8 Å². The Hall–Kier alpha value is -2.55. The molecule has 1 N–H and O–H groups in total. The summed E-state index contributed by atoms with van der Waals surface area (Å²) in [6.45, 7) is 4.69. The number of oxime groups is 1. The first-order valence-electron chi connectivity index (χ1n) is 9.47. The molecule has 1 aromatic rings. The SMILES string of the molecule is O=C(NCCN1CCCC1)C1=NOC2(CCN(C(=O)c3ccnnc3)C2)C1. The number of aromatic nitrogens is 2. The van der Waals surface area contributed by atoms with E-state index in [4.69, 9.17) is 4.84 Å². The van der Waals surface area contributed by atoms with E-state index < -0.39 is 5.60 Å². The average molecular weight is 372 g/mol. The van der Waals surface area contributed by atoms with Crippen molar-refractivity contribution in [2.45, 2.75) is 31.3 Å². The molecule has 144 valence electrons. The highest BCUT2D eigenvalue weighted by Crippen LogP contribution is 2.34. The maximum atomic E-state index is 12.6. The van der Waals surface area contributed by atoms with Gasteiger partial charge in [0.1, 0.15) is 5.71 Å². The maximum absolute atomic E-state index is 12.6. The lowest BCUT2D eigenvalue weighted by molar-refractivity contribution is -0.114. The van der Waals surface area contributed by atoms with Crippen LogP contribution in [0.1, 0.15) is 36.0 Å². The topological polar surface area (TPSA) is 100 Å². The van der Waals surface area contributed by atoms with E-state index in [0.29, 0.717) is 43.8 Å². The monoisotopic (exact) mass is 372 g/mol. The molecular weight excluding hydrogens is 348 g/mol. The van der Waals surface area contributed by atoms with Gasteiger partial charge in [-0.05, 0) is 32.0 Å². The Morgan fingerprint density at radius 3 is 2.85 bits per heavy atom. The zero-order valence-corrected chi connectivity index (χ0v) is 15.3. The van der Waals surface area contributed by atoms with Gasteiger partial charge in [0, 0.05) is 32.5 Å². The molecule has 9 nitrogen and oxygen atoms in total. The normalized spacial score (nSPS) is 24.9. The first-order valence-corrected chi connectivity index (χ1v) is 9.47. The molecule has 1 unspecified atom stereocenters. The van der Waals surface area contributed by atoms with E-state index in [0.717, 1.165) is 19.6 Å². The summed E-state index contributed by atoms with van der Waals surface area (Å²) in [5, 5.41) is 14.4. The van der Waals surface area contributed by atoms with Crippen molar-refractivity contribution in [2.75, 3.05) is 39.3 Å². The smallest absolute Gasteiger partial charge is 0.269 e. The molecule has 1 atom stereocenters. The Labute approximate surface area is 157 Å². The van der Waals surface area contributed by atoms with Crippen LogP contribution in [-0.4, -0.2) is 82.4 Å². The summed E-state index contributed by atoms with van der Waals surface area (Å²) in [6, 6.07) is 1.64. The largest absolute Gasteiger partial charge is 0.386 e. The van der Waals surface area contributed by atoms with Gasteiger partial charge in [-0.15, -0.1) is 0 Å². The molecule has 0 bridgehead atoms. The molecule has 0 saturated carbocycles. The predicted molar refractivity (Wildman–Crippen MR) is 97.1 cm³/mol. The number of rotatable bonds is 5. The molecule has 2 amide bonds. The van der Waals surface area contributed by atoms with Crippen LogP contribution in [0, 0.1) is 0 Å². The van der Waals surface area contributed by atoms with Gasteiger partial charge in [-0.3, -0.25) is 9.59 Å². The molecule has 3 aliphatic rings. The molecule has 0 radical (unpaired) electrons. The highest BCUT2D eigenvalue weighted by molar-refractivity contribution is 6.39. The van der Waals surface area contributed by atoms with Crippen LogP contribution in [0.25, 0.3) is 0 Å². The van der Waals surface area contributed by atoms with Crippen molar-refractivity contribution >= 4 is 17.5 Å². The van der Waals surface area contributed by atoms with E-state index in [1.54, 1.807) is 11.0 Å². The zero-order valence-electron chi connectivity index (χ0n) is 15.3. The molecule has 27 heavy (non-hydrogen) atoms. The van der Waals surface area contributed by atoms with E-state index in [1.807, 2.05) is 0 Å². The number of hydrogen-bond acceptors (Lipinski definition) is 7. The van der Waals surface area contributed by atoms with Gasteiger partial charge in [0.2, 0.25) is 0 Å². The highest BCUT2D eigenvalue weighted by atomic mass is 16.7. The van der Waals surface area contributed by atoms with Crippen molar-refractivity contribution < 1.29 is 14.4 Å². The third kappa shape index (κ3) is 3.92. The Morgan fingerprint density at radius 2 is 2.07 bits per heavy atom. The number of nitrogens with one attached hydrogen (secondary N) is 1. The second-order valence-electron chi connectivity index (χ2n) is 7.40. The van der Waals surface area contributed by atoms with E-state index in [1.165, 1.54) is 25.2 Å². The number of amides is 2. The van der Waals surface area contributed by atoms with Crippen molar-refractivity contribution in [3.63, 3.8) is 0 Å². The van der Waals surface area contributed by atoms with Crippen molar-refractivity contribution in [3.8, 4) is 0 Å². The predicted octanol–water partition coefficient (Wildman–Crippen LogP) is 0.0496. The fourth-order valence-electron chi connectivity index (χ4n) is 3.92. The van der Waals surface area contributed by atoms with Crippen molar-refractivity contribution in [1.82, 2.24) is 25.3 Å². The van der Waals surface area contributed by atoms with Crippen molar-refractivity contribution in [3.05, 3.63) is 24.0 Å². The van der Waals surface area contributed by atoms with Gasteiger partial charge in [-0.2, -0.15) is 10.2 Å². The van der Waals surface area contributed by atoms with E-state index in [9.17, 15) is 9.59 Å². The lowest BCUT2D eigenvalue weighted by Gasteiger charge is -2.21. The highest BCUT2D eigenvalue weighted by Gasteiger charge is 2.48. The number of nitrogens with zero attached hydrogens (tertiary/aromatic N) is 5. The Balaban J connectivity index is 1.27. The van der Waals surface area contributed by atoms with Crippen LogP contribution < -0.4 is 5.32 Å². The summed E-state index contributed by atoms with van der Waals surface area (Å²) in [6.07, 6.45) is 6.52. The zero-order chi connectivity index (χ0) is 18.7. The van der Waals surface area contributed by atoms with Crippen LogP contribution in [0.15, 0.2) is 23.6 Å². The fraction of sp³-hybridized carbons (Fsp3) is 0.611. The standard InChI is InChI=1S/C18H24N6O3/c25-16(19-6-10-23-7-1-2-8-23)15-11-18(27-22-15)4-9-24(13-18)17(26)14-3-5-20-21-12-14/h3,5,12H,1-2,4,6-11,13H2,(H,19,25). The lowest BCUT2D eigenvalue weighted by Crippen LogP contribution is -2.40. The molecule has 4 rings (SSSR count). The van der Waals surface area contributed by atoms with E-state index in [2.05, 4.69) is 25.6 Å². The number of hydrogen-bond donors (Lipinski definition) is 1. The molecule has 4 heterocycles. The van der Waals surface area contributed by atoms with Gasteiger partial charge in [0.15, 0.2) is 5.60 Å². The summed E-state index contributed by atoms with van der Waals surface area (Å²) in [7, 11) is 0. The van der Waals surface area contributed by atoms with Crippen LogP contribution in [-0.2, 0) is 9.63 Å². The fourth-order valence-corrected chi connectivity index (χ4v) is 3.92. The molecule has 2 fully saturated rings. The van der Waals surface area contributed by atoms with Crippen LogP contribution in [0.2, 0.25) is 0 Å². The summed E-state index contributed by atoms with van der Waals surface area (Å²) in [5.41, 5.74) is 0.328. The summed E-state index contributed by atoms with van der Waals surface area (Å²) >= 11 is 0. The van der Waals surface area contributed by atoms with Gasteiger partial charge in [0.25, 0.3) is 11.8 Å². The van der Waals surface area contributed by atoms with Gasteiger partial charge in [-0.25, -0.2) is 0 Å². The minimum atomic E-state index is -0.586. The average Bonchev–Trinajstić information content (AvgIpc) is 3.44. The molecule has 9 heteroatoms. The molecule has 1 spiro atoms. The van der Waals surface area contributed by atoms with E-state index >= 15 is 0 Å². The number of carbonyl (C=O) groups excluding carboxylic acids is 2. The second-order valence-corrected chi connectivity index (χ2v) is 7.40. The van der Waals surface area contributed by atoms with Crippen LogP contribution in [0.3, 0.4) is 0 Å². The third-order valence-corrected chi connectivity index (χ3v) is 5.45. The molecule has 0 aromatic carbocycles. The summed E-state index contributed by atoms with van der Waals surface area (Å²) < 4.78 is 0. The molecule has 2 saturated heterocycles. The van der Waals surface area contributed by atoms with Crippen LogP contribution in [0.4, 0.5) is 0 Å². The van der Waals surface area contributed by atoms with Gasteiger partial charge < -0.3 is 20.0 Å². The summed E-state index contributed by atoms with van der Waals surface area (Å²) in [5.74, 6) is -0.275. The van der Waals surface area contributed by atoms with Gasteiger partial charge in [-0.1, -0.05) is 5.16 Å². The maximum Gasteiger partial charge on any atom is 0.269 e. The van der Waals surface area contributed by atoms with Gasteiger partial charge >= 0.3 is 0 Å². The van der Waals surface area contributed by atoms with Crippen molar-refractivity contribution in [1.29, 1.82) is 0 Å². The molecular formula is C18H24N6O3. The Morgan fingerprint density at radius 1 is 1.22 bits per heavy atom. The first kappa shape index (κ1) is 17.8. The molecule has 0 aliphatic carbocycles. The Kier molecular flexibility index (Phi) is 5.02. The van der Waals surface area contributed by atoms with Crippen molar-refractivity contribution in [2.24, 2.45) is 5.16 Å². The Bertz CT molecular complexity index is 734. The second kappa shape index (κ2) is 7.59. The first-order chi connectivity index (χ1) is 13.2. The molecule has 3 aliphatic heterocycles. The third-order valence-electron chi connectivity index (χ3n) is 5.45. The number of carbonyl (C=O) groups is 2. The minimum absolute atomic E-state index is 0.103.